The molecule has 0 fully saturated rings. The highest BCUT2D eigenvalue weighted by molar-refractivity contribution is 14.1. The van der Waals surface area contributed by atoms with Gasteiger partial charge in [-0.3, -0.25) is 4.79 Å². The summed E-state index contributed by atoms with van der Waals surface area (Å²) in [6.07, 6.45) is 0. The van der Waals surface area contributed by atoms with Crippen molar-refractivity contribution in [2.75, 3.05) is 5.32 Å². The maximum Gasteiger partial charge on any atom is 0.255 e. The van der Waals surface area contributed by atoms with Crippen molar-refractivity contribution >= 4 is 89.2 Å². The van der Waals surface area contributed by atoms with E-state index in [0.29, 0.717) is 27.5 Å². The minimum absolute atomic E-state index is 0.0324. The van der Waals surface area contributed by atoms with Crippen LogP contribution < -0.4 is 19.0 Å². The monoisotopic (exact) mass is 589 g/mol. The van der Waals surface area contributed by atoms with Crippen LogP contribution in [0.15, 0.2) is 41.3 Å². The topological polar surface area (TPSA) is 98.5 Å². The average molecular weight is 589 g/mol. The number of amides is 1. The summed E-state index contributed by atoms with van der Waals surface area (Å²) in [6, 6.07) is 8.83. The number of carbonyl (C=O) groups excluding carboxylic acids is 1. The van der Waals surface area contributed by atoms with Gasteiger partial charge in [-0.2, -0.15) is 22.4 Å². The second-order valence-corrected chi connectivity index (χ2v) is 7.61. The van der Waals surface area contributed by atoms with Gasteiger partial charge in [-0.15, -0.1) is 0 Å². The number of hydrogen-bond donors (Lipinski definition) is 2. The van der Waals surface area contributed by atoms with E-state index in [1.54, 1.807) is 40.3 Å². The fraction of sp³-hybridized carbons (Fsp3) is 0. The lowest BCUT2D eigenvalue weighted by Gasteiger charge is -2.11. The molecule has 0 aromatic heterocycles. The van der Waals surface area contributed by atoms with Crippen LogP contribution in [-0.2, 0) is 10.0 Å². The van der Waals surface area contributed by atoms with E-state index in [9.17, 15) is 13.2 Å². The number of hydrogen-bond acceptors (Lipinski definition) is 4. The molecule has 2 aromatic carbocycles. The van der Waals surface area contributed by atoms with Crippen molar-refractivity contribution in [2.45, 2.75) is 4.90 Å². The summed E-state index contributed by atoms with van der Waals surface area (Å²) in [5.41, 5.74) is 1.31. The van der Waals surface area contributed by atoms with Gasteiger partial charge in [0.15, 0.2) is 28.8 Å². The molecule has 125 valence electrons. The van der Waals surface area contributed by atoms with Crippen molar-refractivity contribution in [1.29, 1.82) is 0 Å². The molecule has 6 nitrogen and oxygen atoms in total. The first kappa shape index (κ1) is 19.8. The number of carbonyl (C=O) groups is 1. The third-order valence-corrected chi connectivity index (χ3v) is 5.35. The molecule has 1 radical (unpaired) electrons. The summed E-state index contributed by atoms with van der Waals surface area (Å²) in [6.45, 7) is 0. The van der Waals surface area contributed by atoms with Crippen LogP contribution >= 0.6 is 57.0 Å². The number of nitrogens with two attached hydrogens (primary N) is 1. The predicted octanol–water partition coefficient (Wildman–Crippen LogP) is 2.65. The van der Waals surface area contributed by atoms with Gasteiger partial charge in [0, 0.05) is 11.3 Å². The molecule has 0 aliphatic carbocycles. The van der Waals surface area contributed by atoms with E-state index < -0.39 is 10.0 Å². The molecule has 0 unspecified atom stereocenters. The van der Waals surface area contributed by atoms with Crippen molar-refractivity contribution in [3.05, 3.63) is 47.0 Å². The highest BCUT2D eigenvalue weighted by Crippen LogP contribution is 2.27. The minimum atomic E-state index is -3.81. The number of benzene rings is 2. The molecule has 0 aliphatic rings. The fourth-order valence-electron chi connectivity index (χ4n) is 1.82. The molecule has 0 atom stereocenters. The zero-order valence-corrected chi connectivity index (χ0v) is 17.7. The summed E-state index contributed by atoms with van der Waals surface area (Å²) in [4.78, 5) is 12.3. The molecule has 0 bridgehead atoms. The van der Waals surface area contributed by atoms with Crippen LogP contribution in [-0.4, -0.2) is 19.5 Å². The van der Waals surface area contributed by atoms with Gasteiger partial charge >= 0.3 is 0 Å². The molecule has 0 heterocycles. The predicted molar refractivity (Wildman–Crippen MR) is 111 cm³/mol. The molecule has 2 aromatic rings. The summed E-state index contributed by atoms with van der Waals surface area (Å²) >= 11 is 9.65. The second-order valence-electron chi connectivity index (χ2n) is 4.58. The van der Waals surface area contributed by atoms with Crippen molar-refractivity contribution < 1.29 is 16.3 Å². The zero-order chi connectivity index (χ0) is 17.9. The molecule has 24 heavy (non-hydrogen) atoms. The largest absolute Gasteiger partial charge is 0.426 e. The van der Waals surface area contributed by atoms with E-state index in [4.69, 9.17) is 19.8 Å². The Bertz CT molecular complexity index is 896. The maximum absolute atomic E-state index is 12.3. The summed E-state index contributed by atoms with van der Waals surface area (Å²) in [7, 11) is -3.81. The second kappa shape index (κ2) is 8.21. The summed E-state index contributed by atoms with van der Waals surface area (Å²) in [5, 5.41) is 9.77. The van der Waals surface area contributed by atoms with E-state index in [0.717, 1.165) is 0 Å². The highest BCUT2D eigenvalue weighted by atomic mass is 127. The van der Waals surface area contributed by atoms with Crippen LogP contribution in [0.25, 0.3) is 0 Å². The molecule has 0 saturated carbocycles. The van der Waals surface area contributed by atoms with Gasteiger partial charge in [0.2, 0.25) is 15.2 Å². The maximum atomic E-state index is 12.3. The third kappa shape index (κ3) is 4.74. The zero-order valence-electron chi connectivity index (χ0n) is 11.8. The Morgan fingerprint density at radius 2 is 1.96 bits per heavy atom. The molecular weight excluding hydrogens is 580 g/mol. The van der Waals surface area contributed by atoms with Crippen LogP contribution in [0, 0.1) is 0 Å². The SMILES string of the molecule is NS(=O)(=O)c1ccc(NC(=O)c2ccc(OI)c(Cl)c2)c([B]I)c1. The fourth-order valence-corrected chi connectivity index (χ4v) is 3.62. The normalized spacial score (nSPS) is 11.0. The lowest BCUT2D eigenvalue weighted by molar-refractivity contribution is 0.102. The van der Waals surface area contributed by atoms with E-state index in [2.05, 4.69) is 5.32 Å². The Labute approximate surface area is 172 Å². The molecule has 3 N–H and O–H groups in total. The standard InChI is InChI=1S/C13H9BClI2N2O4S/c15-10-5-7(1-4-12(10)23-17)13(20)19-11-3-2-8(24(18,21)22)6-9(11)14-16/h1-6H,(H,19,20)(H2,18,21,22). The first-order valence-corrected chi connectivity index (χ1v) is 10.3. The van der Waals surface area contributed by atoms with Crippen molar-refractivity contribution in [3.8, 4) is 5.75 Å². The lowest BCUT2D eigenvalue weighted by Crippen LogP contribution is -2.23. The van der Waals surface area contributed by atoms with E-state index in [1.807, 2.05) is 22.4 Å². The van der Waals surface area contributed by atoms with Crippen LogP contribution in [0.2, 0.25) is 5.02 Å². The van der Waals surface area contributed by atoms with Gasteiger partial charge in [-0.25, -0.2) is 13.6 Å². The molecule has 1 amide bonds. The van der Waals surface area contributed by atoms with Gasteiger partial charge < -0.3 is 8.38 Å². The Kier molecular flexibility index (Phi) is 6.76. The molecule has 0 spiro atoms. The quantitative estimate of drug-likeness (QED) is 0.414. The Hall–Kier alpha value is -0.565. The number of sulfonamides is 1. The molecule has 0 aliphatic heterocycles. The van der Waals surface area contributed by atoms with Gasteiger partial charge in [0.1, 0.15) is 0 Å². The lowest BCUT2D eigenvalue weighted by atomic mass is 9.93. The van der Waals surface area contributed by atoms with E-state index in [-0.39, 0.29) is 10.8 Å². The molecular formula is C13H9BClI2N2O4S. The van der Waals surface area contributed by atoms with Crippen molar-refractivity contribution in [1.82, 2.24) is 0 Å². The first-order valence-electron chi connectivity index (χ1n) is 6.26. The third-order valence-electron chi connectivity index (χ3n) is 2.99. The Morgan fingerprint density at radius 1 is 1.25 bits per heavy atom. The van der Waals surface area contributed by atoms with E-state index in [1.165, 1.54) is 24.3 Å². The Morgan fingerprint density at radius 3 is 2.50 bits per heavy atom. The van der Waals surface area contributed by atoms with Crippen LogP contribution in [0.5, 0.6) is 5.75 Å². The number of primary sulfonamides is 1. The Balaban J connectivity index is 2.30. The van der Waals surface area contributed by atoms with Gasteiger partial charge in [-0.05, 0) is 41.9 Å². The average Bonchev–Trinajstić information content (AvgIpc) is 2.54. The molecule has 0 saturated heterocycles. The summed E-state index contributed by atoms with van der Waals surface area (Å²) < 4.78 is 27.8. The van der Waals surface area contributed by atoms with Crippen LogP contribution in [0.3, 0.4) is 0 Å². The number of halogens is 3. The molecule has 11 heteroatoms. The van der Waals surface area contributed by atoms with Gasteiger partial charge in [0.05, 0.1) is 9.92 Å². The summed E-state index contributed by atoms with van der Waals surface area (Å²) in [5.74, 6) is 0.0624. The van der Waals surface area contributed by atoms with Crippen molar-refractivity contribution in [2.24, 2.45) is 5.14 Å². The minimum Gasteiger partial charge on any atom is -0.426 e. The number of nitrogens with one attached hydrogen (secondary N) is 1. The van der Waals surface area contributed by atoms with Crippen molar-refractivity contribution in [3.63, 3.8) is 0 Å². The smallest absolute Gasteiger partial charge is 0.255 e. The highest BCUT2D eigenvalue weighted by Gasteiger charge is 2.15. The van der Waals surface area contributed by atoms with Gasteiger partial charge in [-0.1, -0.05) is 11.6 Å². The van der Waals surface area contributed by atoms with E-state index >= 15 is 0 Å². The molecule has 2 rings (SSSR count). The number of anilines is 1. The van der Waals surface area contributed by atoms with Crippen LogP contribution in [0.1, 0.15) is 10.4 Å². The van der Waals surface area contributed by atoms with Gasteiger partial charge in [0.25, 0.3) is 5.91 Å². The number of rotatable bonds is 5. The first-order chi connectivity index (χ1) is 11.3. The van der Waals surface area contributed by atoms with Crippen LogP contribution in [0.4, 0.5) is 5.69 Å².